The summed E-state index contributed by atoms with van der Waals surface area (Å²) in [5.74, 6) is 0. The number of aromatic nitrogens is 1. The molecule has 2 rings (SSSR count). The van der Waals surface area contributed by atoms with Gasteiger partial charge in [-0.2, -0.15) is 13.2 Å². The molecule has 96 valence electrons. The molecule has 1 aromatic heterocycles. The van der Waals surface area contributed by atoms with E-state index in [1.165, 1.54) is 6.92 Å². The van der Waals surface area contributed by atoms with E-state index in [-0.39, 0.29) is 16.5 Å². The lowest BCUT2D eigenvalue weighted by Gasteiger charge is -2.12. The smallest absolute Gasteiger partial charge is 0.350 e. The van der Waals surface area contributed by atoms with Crippen LogP contribution in [-0.2, 0) is 6.18 Å². The van der Waals surface area contributed by atoms with Crippen LogP contribution in [0.3, 0.4) is 0 Å². The van der Waals surface area contributed by atoms with Crippen LogP contribution in [0, 0.1) is 13.8 Å². The van der Waals surface area contributed by atoms with Gasteiger partial charge in [0.05, 0.1) is 5.52 Å². The molecule has 0 unspecified atom stereocenters. The zero-order valence-electron chi connectivity index (χ0n) is 9.57. The number of hydrogen-bond acceptors (Lipinski definition) is 1. The van der Waals surface area contributed by atoms with Crippen molar-refractivity contribution in [3.63, 3.8) is 0 Å². The lowest BCUT2D eigenvalue weighted by atomic mass is 10.1. The molecule has 6 heteroatoms. The van der Waals surface area contributed by atoms with Crippen molar-refractivity contribution in [1.29, 1.82) is 0 Å². The summed E-state index contributed by atoms with van der Waals surface area (Å²) < 4.78 is 38.8. The van der Waals surface area contributed by atoms with Crippen LogP contribution >= 0.6 is 15.9 Å². The van der Waals surface area contributed by atoms with Crippen molar-refractivity contribution in [2.45, 2.75) is 20.0 Å². The highest BCUT2D eigenvalue weighted by Gasteiger charge is 2.35. The lowest BCUT2D eigenvalue weighted by Crippen LogP contribution is -2.19. The third-order valence-corrected chi connectivity index (χ3v) is 3.35. The molecule has 1 heterocycles. The fourth-order valence-corrected chi connectivity index (χ4v) is 2.54. The molecule has 0 saturated heterocycles. The predicted octanol–water partition coefficient (Wildman–Crippen LogP) is 3.93. The van der Waals surface area contributed by atoms with Crippen LogP contribution in [0.5, 0.6) is 0 Å². The SMILES string of the molecule is Cc1cc(Br)c2[nH]c(C(F)(F)F)c(C)c(=O)c2c1. The number of hydrogen-bond donors (Lipinski definition) is 1. The molecule has 2 aromatic rings. The molecule has 0 aliphatic heterocycles. The lowest BCUT2D eigenvalue weighted by molar-refractivity contribution is -0.141. The minimum atomic E-state index is -4.57. The molecule has 1 N–H and O–H groups in total. The highest BCUT2D eigenvalue weighted by atomic mass is 79.9. The fraction of sp³-hybridized carbons (Fsp3) is 0.250. The molecular weight excluding hydrogens is 311 g/mol. The molecule has 0 aliphatic rings. The number of halogens is 4. The van der Waals surface area contributed by atoms with E-state index in [4.69, 9.17) is 0 Å². The average molecular weight is 320 g/mol. The summed E-state index contributed by atoms with van der Waals surface area (Å²) >= 11 is 3.17. The largest absolute Gasteiger partial charge is 0.431 e. The molecule has 0 radical (unpaired) electrons. The van der Waals surface area contributed by atoms with Crippen molar-refractivity contribution < 1.29 is 13.2 Å². The van der Waals surface area contributed by atoms with Gasteiger partial charge in [-0.1, -0.05) is 0 Å². The highest BCUT2D eigenvalue weighted by molar-refractivity contribution is 9.10. The molecule has 0 saturated carbocycles. The Labute approximate surface area is 109 Å². The summed E-state index contributed by atoms with van der Waals surface area (Å²) in [5.41, 5.74) is -0.930. The van der Waals surface area contributed by atoms with E-state index >= 15 is 0 Å². The van der Waals surface area contributed by atoms with Crippen molar-refractivity contribution in [3.8, 4) is 0 Å². The Morgan fingerprint density at radius 2 is 1.83 bits per heavy atom. The maximum absolute atomic E-state index is 12.8. The maximum atomic E-state index is 12.8. The first kappa shape index (κ1) is 13.1. The van der Waals surface area contributed by atoms with Crippen molar-refractivity contribution in [2.75, 3.05) is 0 Å². The quantitative estimate of drug-likeness (QED) is 0.784. The topological polar surface area (TPSA) is 32.9 Å². The van der Waals surface area contributed by atoms with Gasteiger partial charge in [-0.05, 0) is 47.5 Å². The Kier molecular flexibility index (Phi) is 3.01. The first-order valence-electron chi connectivity index (χ1n) is 5.11. The van der Waals surface area contributed by atoms with E-state index in [1.807, 2.05) is 0 Å². The Bertz CT molecular complexity index is 688. The van der Waals surface area contributed by atoms with Gasteiger partial charge in [0.2, 0.25) is 0 Å². The standard InChI is InChI=1S/C12H9BrF3NO/c1-5-3-7-9(8(13)4-5)17-11(12(14,15)16)6(2)10(7)18/h3-4H,1-2H3,(H,17,18). The molecule has 0 atom stereocenters. The van der Waals surface area contributed by atoms with Crippen LogP contribution in [-0.4, -0.2) is 4.98 Å². The van der Waals surface area contributed by atoms with Gasteiger partial charge in [-0.3, -0.25) is 4.79 Å². The summed E-state index contributed by atoms with van der Waals surface area (Å²) in [6.07, 6.45) is -4.57. The van der Waals surface area contributed by atoms with E-state index in [9.17, 15) is 18.0 Å². The summed E-state index contributed by atoms with van der Waals surface area (Å²) in [7, 11) is 0. The number of fused-ring (bicyclic) bond motifs is 1. The van der Waals surface area contributed by atoms with Crippen molar-refractivity contribution in [2.24, 2.45) is 0 Å². The summed E-state index contributed by atoms with van der Waals surface area (Å²) in [6, 6.07) is 3.24. The molecule has 18 heavy (non-hydrogen) atoms. The highest BCUT2D eigenvalue weighted by Crippen LogP contribution is 2.32. The first-order chi connectivity index (χ1) is 8.21. The molecule has 0 fully saturated rings. The molecule has 0 bridgehead atoms. The van der Waals surface area contributed by atoms with Crippen LogP contribution in [0.2, 0.25) is 0 Å². The van der Waals surface area contributed by atoms with Crippen LogP contribution < -0.4 is 5.43 Å². The number of alkyl halides is 3. The molecule has 1 aromatic carbocycles. The Balaban J connectivity index is 2.98. The van der Waals surface area contributed by atoms with Crippen LogP contribution in [0.25, 0.3) is 10.9 Å². The van der Waals surface area contributed by atoms with E-state index in [2.05, 4.69) is 20.9 Å². The zero-order chi connectivity index (χ0) is 13.7. The van der Waals surface area contributed by atoms with Gasteiger partial charge in [-0.15, -0.1) is 0 Å². The first-order valence-corrected chi connectivity index (χ1v) is 5.91. The Morgan fingerprint density at radius 3 is 2.39 bits per heavy atom. The molecular formula is C12H9BrF3NO. The van der Waals surface area contributed by atoms with Gasteiger partial charge in [0.1, 0.15) is 5.69 Å². The second-order valence-electron chi connectivity index (χ2n) is 4.12. The van der Waals surface area contributed by atoms with Gasteiger partial charge in [0.15, 0.2) is 5.43 Å². The zero-order valence-corrected chi connectivity index (χ0v) is 11.2. The summed E-state index contributed by atoms with van der Waals surface area (Å²) in [6.45, 7) is 2.95. The van der Waals surface area contributed by atoms with E-state index in [0.29, 0.717) is 4.47 Å². The number of pyridine rings is 1. The van der Waals surface area contributed by atoms with E-state index in [0.717, 1.165) is 5.56 Å². The second-order valence-corrected chi connectivity index (χ2v) is 4.98. The minimum Gasteiger partial charge on any atom is -0.350 e. The maximum Gasteiger partial charge on any atom is 0.431 e. The monoisotopic (exact) mass is 319 g/mol. The minimum absolute atomic E-state index is 0.170. The van der Waals surface area contributed by atoms with E-state index < -0.39 is 17.3 Å². The van der Waals surface area contributed by atoms with Gasteiger partial charge >= 0.3 is 6.18 Å². The van der Waals surface area contributed by atoms with Crippen LogP contribution in [0.4, 0.5) is 13.2 Å². The number of aromatic amines is 1. The fourth-order valence-electron chi connectivity index (χ4n) is 1.87. The van der Waals surface area contributed by atoms with Gasteiger partial charge < -0.3 is 4.98 Å². The third-order valence-electron chi connectivity index (χ3n) is 2.73. The van der Waals surface area contributed by atoms with Crippen molar-refractivity contribution in [3.05, 3.63) is 43.6 Å². The molecule has 2 nitrogen and oxygen atoms in total. The van der Waals surface area contributed by atoms with Crippen molar-refractivity contribution >= 4 is 26.8 Å². The average Bonchev–Trinajstić information content (AvgIpc) is 2.22. The third kappa shape index (κ3) is 2.05. The van der Waals surface area contributed by atoms with Crippen LogP contribution in [0.15, 0.2) is 21.4 Å². The van der Waals surface area contributed by atoms with Gasteiger partial charge in [0.25, 0.3) is 0 Å². The number of benzene rings is 1. The predicted molar refractivity (Wildman–Crippen MR) is 66.7 cm³/mol. The number of nitrogens with one attached hydrogen (secondary N) is 1. The summed E-state index contributed by atoms with van der Waals surface area (Å²) in [5, 5.41) is 0.257. The second kappa shape index (κ2) is 4.12. The molecule has 0 spiro atoms. The number of rotatable bonds is 0. The number of H-pyrrole nitrogens is 1. The normalized spacial score (nSPS) is 12.1. The van der Waals surface area contributed by atoms with Gasteiger partial charge in [-0.25, -0.2) is 0 Å². The summed E-state index contributed by atoms with van der Waals surface area (Å²) in [4.78, 5) is 14.3. The molecule has 0 aliphatic carbocycles. The Morgan fingerprint density at radius 1 is 1.22 bits per heavy atom. The molecule has 0 amide bonds. The van der Waals surface area contributed by atoms with Crippen LogP contribution in [0.1, 0.15) is 16.8 Å². The van der Waals surface area contributed by atoms with E-state index in [1.54, 1.807) is 19.1 Å². The number of aryl methyl sites for hydroxylation is 1. The van der Waals surface area contributed by atoms with Crippen molar-refractivity contribution in [1.82, 2.24) is 4.98 Å². The Hall–Kier alpha value is -1.30. The van der Waals surface area contributed by atoms with Gasteiger partial charge in [0, 0.05) is 15.4 Å².